The van der Waals surface area contributed by atoms with Gasteiger partial charge in [0.05, 0.1) is 16.5 Å². The van der Waals surface area contributed by atoms with Gasteiger partial charge in [-0.1, -0.05) is 0 Å². The number of carbonyl (C=O) groups excluding carboxylic acids is 2. The predicted molar refractivity (Wildman–Crippen MR) is 81.2 cm³/mol. The second-order valence-corrected chi connectivity index (χ2v) is 6.97. The van der Waals surface area contributed by atoms with E-state index in [-0.39, 0.29) is 29.5 Å². The Kier molecular flexibility index (Phi) is 5.54. The summed E-state index contributed by atoms with van der Waals surface area (Å²) >= 11 is 0. The van der Waals surface area contributed by atoms with Crippen LogP contribution < -0.4 is 4.72 Å². The molecule has 0 saturated carbocycles. The molecule has 1 saturated heterocycles. The van der Waals surface area contributed by atoms with E-state index in [0.29, 0.717) is 6.42 Å². The van der Waals surface area contributed by atoms with Gasteiger partial charge in [-0.2, -0.15) is 5.26 Å². The van der Waals surface area contributed by atoms with E-state index in [9.17, 15) is 18.0 Å². The van der Waals surface area contributed by atoms with Crippen LogP contribution >= 0.6 is 0 Å². The Morgan fingerprint density at radius 2 is 2.08 bits per heavy atom. The summed E-state index contributed by atoms with van der Waals surface area (Å²) in [6, 6.07) is 6.93. The van der Waals surface area contributed by atoms with Gasteiger partial charge in [0.25, 0.3) is 0 Å². The lowest BCUT2D eigenvalue weighted by atomic mass is 10.2. The Hall–Kier alpha value is -2.44. The Morgan fingerprint density at radius 1 is 1.42 bits per heavy atom. The number of esters is 2. The van der Waals surface area contributed by atoms with Gasteiger partial charge in [-0.15, -0.1) is 0 Å². The number of nitrogens with zero attached hydrogens (tertiary/aromatic N) is 1. The number of nitriles is 1. The van der Waals surface area contributed by atoms with Crippen molar-refractivity contribution in [1.29, 1.82) is 5.26 Å². The van der Waals surface area contributed by atoms with Gasteiger partial charge in [0.15, 0.2) is 0 Å². The molecule has 1 aliphatic heterocycles. The molecule has 0 aromatic heterocycles. The first-order valence-electron chi connectivity index (χ1n) is 7.21. The minimum atomic E-state index is -3.74. The number of hydrogen-bond donors (Lipinski definition) is 1. The molecule has 1 aromatic rings. The molecule has 8 nitrogen and oxygen atoms in total. The van der Waals surface area contributed by atoms with E-state index in [1.54, 1.807) is 6.92 Å². The molecule has 0 amide bonds. The number of nitrogens with one attached hydrogen (secondary N) is 1. The van der Waals surface area contributed by atoms with Gasteiger partial charge in [-0.25, -0.2) is 22.7 Å². The molecule has 1 aliphatic rings. The smallest absolute Gasteiger partial charge is 0.347 e. The molecule has 1 heterocycles. The van der Waals surface area contributed by atoms with E-state index in [4.69, 9.17) is 14.7 Å². The summed E-state index contributed by atoms with van der Waals surface area (Å²) in [5, 5.41) is 8.41. The minimum absolute atomic E-state index is 0.00457. The van der Waals surface area contributed by atoms with Crippen molar-refractivity contribution in [2.24, 2.45) is 0 Å². The van der Waals surface area contributed by atoms with Crippen LogP contribution in [0.25, 0.3) is 0 Å². The number of sulfonamides is 1. The molecular weight excluding hydrogens is 336 g/mol. The Balaban J connectivity index is 2.02. The Bertz CT molecular complexity index is 766. The summed E-state index contributed by atoms with van der Waals surface area (Å²) < 4.78 is 36.1. The Labute approximate surface area is 139 Å². The molecule has 2 atom stereocenters. The summed E-state index contributed by atoms with van der Waals surface area (Å²) in [5.41, 5.74) is 0.123. The maximum absolute atomic E-state index is 12.0. The van der Waals surface area contributed by atoms with Gasteiger partial charge in [-0.3, -0.25) is 0 Å². The molecular formula is C15H16N2O6S. The zero-order chi connectivity index (χ0) is 17.7. The first-order valence-corrected chi connectivity index (χ1v) is 8.70. The van der Waals surface area contributed by atoms with Gasteiger partial charge in [0.1, 0.15) is 6.10 Å². The summed E-state index contributed by atoms with van der Waals surface area (Å²) in [6.45, 7) is 1.70. The third-order valence-electron chi connectivity index (χ3n) is 3.30. The van der Waals surface area contributed by atoms with Crippen LogP contribution in [-0.4, -0.2) is 39.1 Å². The van der Waals surface area contributed by atoms with Crippen molar-refractivity contribution < 1.29 is 27.5 Å². The number of ether oxygens (including phenoxy) is 2. The Morgan fingerprint density at radius 3 is 2.62 bits per heavy atom. The van der Waals surface area contributed by atoms with Crippen molar-refractivity contribution in [2.45, 2.75) is 36.9 Å². The summed E-state index contributed by atoms with van der Waals surface area (Å²) in [4.78, 5) is 23.4. The fourth-order valence-electron chi connectivity index (χ4n) is 2.11. The van der Waals surface area contributed by atoms with E-state index >= 15 is 0 Å². The molecule has 1 aromatic carbocycles. The van der Waals surface area contributed by atoms with E-state index in [1.165, 1.54) is 24.3 Å². The fourth-order valence-corrected chi connectivity index (χ4v) is 3.14. The van der Waals surface area contributed by atoms with E-state index in [2.05, 4.69) is 4.72 Å². The van der Waals surface area contributed by atoms with Gasteiger partial charge in [0.2, 0.25) is 16.1 Å². The quantitative estimate of drug-likeness (QED) is 0.591. The highest BCUT2D eigenvalue weighted by Crippen LogP contribution is 2.19. The maximum atomic E-state index is 12.0. The van der Waals surface area contributed by atoms with Crippen LogP contribution in [0, 0.1) is 11.3 Å². The lowest BCUT2D eigenvalue weighted by molar-refractivity contribution is -0.147. The van der Waals surface area contributed by atoms with E-state index < -0.39 is 28.1 Å². The predicted octanol–water partition coefficient (Wildman–Crippen LogP) is 0.739. The van der Waals surface area contributed by atoms with Crippen LogP contribution in [0.2, 0.25) is 0 Å². The van der Waals surface area contributed by atoms with Crippen molar-refractivity contribution >= 4 is 22.0 Å². The van der Waals surface area contributed by atoms with E-state index in [0.717, 1.165) is 0 Å². The molecule has 0 bridgehead atoms. The largest absolute Gasteiger partial charge is 0.460 e. The van der Waals surface area contributed by atoms with Crippen LogP contribution in [0.3, 0.4) is 0 Å². The number of carbonyl (C=O) groups is 2. The molecule has 128 valence electrons. The third kappa shape index (κ3) is 4.31. The molecule has 0 unspecified atom stereocenters. The second kappa shape index (κ2) is 7.42. The third-order valence-corrected chi connectivity index (χ3v) is 4.78. The molecule has 0 spiro atoms. The van der Waals surface area contributed by atoms with Crippen LogP contribution in [-0.2, 0) is 24.3 Å². The van der Waals surface area contributed by atoms with Gasteiger partial charge < -0.3 is 9.47 Å². The minimum Gasteiger partial charge on any atom is -0.460 e. The topological polar surface area (TPSA) is 123 Å². The van der Waals surface area contributed by atoms with Gasteiger partial charge in [0, 0.05) is 19.4 Å². The number of hydrogen-bond acceptors (Lipinski definition) is 7. The first kappa shape index (κ1) is 17.9. The van der Waals surface area contributed by atoms with Crippen LogP contribution in [0.5, 0.6) is 0 Å². The number of benzene rings is 1. The summed E-state index contributed by atoms with van der Waals surface area (Å²) in [7, 11) is -3.74. The van der Waals surface area contributed by atoms with E-state index in [1.807, 2.05) is 6.07 Å². The zero-order valence-electron chi connectivity index (χ0n) is 12.9. The van der Waals surface area contributed by atoms with Crippen molar-refractivity contribution in [3.05, 3.63) is 29.8 Å². The molecule has 24 heavy (non-hydrogen) atoms. The summed E-state index contributed by atoms with van der Waals surface area (Å²) in [6.07, 6.45) is -0.898. The molecule has 0 aliphatic carbocycles. The lowest BCUT2D eigenvalue weighted by Crippen LogP contribution is -2.25. The normalized spacial score (nSPS) is 20.2. The SMILES string of the molecule is C[C@H]1C[C@H](OC(=O)c2ccc(S(=O)(=O)NCCC#N)cc2)C(=O)O1. The average molecular weight is 352 g/mol. The highest BCUT2D eigenvalue weighted by molar-refractivity contribution is 7.89. The molecule has 9 heteroatoms. The van der Waals surface area contributed by atoms with Crippen LogP contribution in [0.15, 0.2) is 29.2 Å². The molecule has 0 radical (unpaired) electrons. The highest BCUT2D eigenvalue weighted by Gasteiger charge is 2.35. The first-order chi connectivity index (χ1) is 11.3. The van der Waals surface area contributed by atoms with Gasteiger partial charge in [-0.05, 0) is 31.2 Å². The van der Waals surface area contributed by atoms with Crippen LogP contribution in [0.4, 0.5) is 0 Å². The zero-order valence-corrected chi connectivity index (χ0v) is 13.7. The van der Waals surface area contributed by atoms with Crippen molar-refractivity contribution in [3.63, 3.8) is 0 Å². The monoisotopic (exact) mass is 352 g/mol. The summed E-state index contributed by atoms with van der Waals surface area (Å²) in [5.74, 6) is -1.32. The highest BCUT2D eigenvalue weighted by atomic mass is 32.2. The van der Waals surface area contributed by atoms with Crippen molar-refractivity contribution in [1.82, 2.24) is 4.72 Å². The lowest BCUT2D eigenvalue weighted by Gasteiger charge is -2.09. The number of cyclic esters (lactones) is 1. The molecule has 1 fully saturated rings. The van der Waals surface area contributed by atoms with Crippen molar-refractivity contribution in [2.75, 3.05) is 6.54 Å². The average Bonchev–Trinajstić information content (AvgIpc) is 2.85. The van der Waals surface area contributed by atoms with Gasteiger partial charge >= 0.3 is 11.9 Å². The van der Waals surface area contributed by atoms with Crippen LogP contribution in [0.1, 0.15) is 30.1 Å². The number of rotatable bonds is 6. The standard InChI is InChI=1S/C15H16N2O6S/c1-10-9-13(15(19)22-10)23-14(18)11-3-5-12(6-4-11)24(20,21)17-8-2-7-16/h3-6,10,13,17H,2,8-9H2,1H3/t10-,13-/m0/s1. The molecule has 2 rings (SSSR count). The van der Waals surface area contributed by atoms with Crippen molar-refractivity contribution in [3.8, 4) is 6.07 Å². The fraction of sp³-hybridized carbons (Fsp3) is 0.400. The second-order valence-electron chi connectivity index (χ2n) is 5.21. The molecule has 1 N–H and O–H groups in total. The maximum Gasteiger partial charge on any atom is 0.347 e.